The minimum atomic E-state index is 0.743. The number of benzene rings is 1. The van der Waals surface area contributed by atoms with Crippen LogP contribution in [-0.2, 0) is 6.54 Å². The summed E-state index contributed by atoms with van der Waals surface area (Å²) in [5, 5.41) is 0. The first kappa shape index (κ1) is 13.6. The highest BCUT2D eigenvalue weighted by atomic mass is 15.1. The molecule has 1 saturated heterocycles. The topological polar surface area (TPSA) is 21.1 Å². The molecule has 0 radical (unpaired) electrons. The maximum absolute atomic E-state index is 4.55. The first-order valence-electron chi connectivity index (χ1n) is 7.77. The second-order valence-corrected chi connectivity index (χ2v) is 6.28. The molecular weight excluding hydrogens is 246 g/mol. The number of aryl methyl sites for hydroxylation is 3. The van der Waals surface area contributed by atoms with Crippen LogP contribution in [-0.4, -0.2) is 34.1 Å². The lowest BCUT2D eigenvalue weighted by Gasteiger charge is -2.32. The molecule has 1 aliphatic rings. The molecule has 2 heterocycles. The van der Waals surface area contributed by atoms with Gasteiger partial charge in [0.25, 0.3) is 0 Å². The second kappa shape index (κ2) is 5.57. The summed E-state index contributed by atoms with van der Waals surface area (Å²) >= 11 is 0. The van der Waals surface area contributed by atoms with Gasteiger partial charge in [0.2, 0.25) is 0 Å². The molecule has 0 amide bonds. The van der Waals surface area contributed by atoms with Crippen molar-refractivity contribution in [1.82, 2.24) is 14.5 Å². The van der Waals surface area contributed by atoms with Gasteiger partial charge in [-0.25, -0.2) is 4.98 Å². The van der Waals surface area contributed by atoms with Gasteiger partial charge in [-0.1, -0.05) is 6.42 Å². The lowest BCUT2D eigenvalue weighted by molar-refractivity contribution is 0.171. The van der Waals surface area contributed by atoms with Crippen molar-refractivity contribution >= 4 is 11.0 Å². The van der Waals surface area contributed by atoms with Gasteiger partial charge in [0.1, 0.15) is 0 Å². The van der Waals surface area contributed by atoms with Crippen LogP contribution in [0.2, 0.25) is 0 Å². The number of piperidine rings is 1. The number of hydrogen-bond donors (Lipinski definition) is 0. The van der Waals surface area contributed by atoms with E-state index in [0.717, 1.165) is 18.1 Å². The van der Waals surface area contributed by atoms with Gasteiger partial charge in [-0.15, -0.1) is 0 Å². The van der Waals surface area contributed by atoms with Crippen LogP contribution in [0.3, 0.4) is 0 Å². The van der Waals surface area contributed by atoms with Crippen molar-refractivity contribution in [2.75, 3.05) is 13.6 Å². The summed E-state index contributed by atoms with van der Waals surface area (Å²) in [5.41, 5.74) is 5.10. The molecule has 1 fully saturated rings. The molecule has 0 N–H and O–H groups in total. The third-order valence-corrected chi connectivity index (χ3v) is 4.86. The summed E-state index contributed by atoms with van der Waals surface area (Å²) in [4.78, 5) is 7.08. The zero-order valence-corrected chi connectivity index (χ0v) is 12.9. The molecule has 1 unspecified atom stereocenters. The van der Waals surface area contributed by atoms with Gasteiger partial charge < -0.3 is 9.47 Å². The molecule has 0 saturated carbocycles. The third kappa shape index (κ3) is 2.59. The van der Waals surface area contributed by atoms with Crippen molar-refractivity contribution in [1.29, 1.82) is 0 Å². The van der Waals surface area contributed by atoms with E-state index in [1.54, 1.807) is 0 Å². The Balaban J connectivity index is 1.76. The van der Waals surface area contributed by atoms with Crippen LogP contribution < -0.4 is 0 Å². The van der Waals surface area contributed by atoms with Crippen LogP contribution in [0, 0.1) is 13.8 Å². The lowest BCUT2D eigenvalue weighted by atomic mass is 10.00. The highest BCUT2D eigenvalue weighted by Crippen LogP contribution is 2.21. The van der Waals surface area contributed by atoms with E-state index in [9.17, 15) is 0 Å². The molecule has 0 bridgehead atoms. The Morgan fingerprint density at radius 3 is 2.80 bits per heavy atom. The summed E-state index contributed by atoms with van der Waals surface area (Å²) in [7, 11) is 2.27. The fourth-order valence-electron chi connectivity index (χ4n) is 3.29. The van der Waals surface area contributed by atoms with Gasteiger partial charge in [0, 0.05) is 12.6 Å². The second-order valence-electron chi connectivity index (χ2n) is 6.28. The quantitative estimate of drug-likeness (QED) is 0.851. The summed E-state index contributed by atoms with van der Waals surface area (Å²) < 4.78 is 2.32. The van der Waals surface area contributed by atoms with Crippen molar-refractivity contribution in [2.45, 2.75) is 52.1 Å². The summed E-state index contributed by atoms with van der Waals surface area (Å²) in [6, 6.07) is 5.23. The third-order valence-electron chi connectivity index (χ3n) is 4.86. The fraction of sp³-hybridized carbons (Fsp3) is 0.588. The van der Waals surface area contributed by atoms with E-state index in [0.29, 0.717) is 0 Å². The minimum Gasteiger partial charge on any atom is -0.331 e. The highest BCUT2D eigenvalue weighted by Gasteiger charge is 2.18. The zero-order valence-electron chi connectivity index (χ0n) is 12.9. The number of rotatable bonds is 3. The van der Waals surface area contributed by atoms with Gasteiger partial charge in [-0.2, -0.15) is 0 Å². The number of imidazole rings is 1. The molecule has 20 heavy (non-hydrogen) atoms. The molecule has 1 atom stereocenters. The van der Waals surface area contributed by atoms with Gasteiger partial charge in [-0.05, 0) is 70.0 Å². The van der Waals surface area contributed by atoms with Crippen molar-refractivity contribution in [3.8, 4) is 0 Å². The van der Waals surface area contributed by atoms with Crippen molar-refractivity contribution < 1.29 is 0 Å². The Hall–Kier alpha value is -1.35. The molecular formula is C17H25N3. The first-order chi connectivity index (χ1) is 9.65. The van der Waals surface area contributed by atoms with Gasteiger partial charge in [0.05, 0.1) is 17.4 Å². The van der Waals surface area contributed by atoms with E-state index in [4.69, 9.17) is 0 Å². The normalized spacial score (nSPS) is 20.6. The van der Waals surface area contributed by atoms with E-state index in [2.05, 4.69) is 47.5 Å². The number of hydrogen-bond acceptors (Lipinski definition) is 2. The molecule has 0 aliphatic carbocycles. The van der Waals surface area contributed by atoms with Gasteiger partial charge in [0.15, 0.2) is 0 Å². The van der Waals surface area contributed by atoms with Gasteiger partial charge >= 0.3 is 0 Å². The van der Waals surface area contributed by atoms with Crippen molar-refractivity contribution in [2.24, 2.45) is 0 Å². The maximum Gasteiger partial charge on any atom is 0.0958 e. The fourth-order valence-corrected chi connectivity index (χ4v) is 3.29. The first-order valence-corrected chi connectivity index (χ1v) is 7.77. The maximum atomic E-state index is 4.55. The molecule has 1 aromatic carbocycles. The van der Waals surface area contributed by atoms with Crippen molar-refractivity contribution in [3.63, 3.8) is 0 Å². The van der Waals surface area contributed by atoms with E-state index in [1.807, 2.05) is 6.33 Å². The van der Waals surface area contributed by atoms with Crippen LogP contribution in [0.4, 0.5) is 0 Å². The Morgan fingerprint density at radius 2 is 2.00 bits per heavy atom. The van der Waals surface area contributed by atoms with E-state index in [1.165, 1.54) is 48.9 Å². The van der Waals surface area contributed by atoms with E-state index < -0.39 is 0 Å². The Bertz CT molecular complexity index is 600. The standard InChI is InChI=1S/C17H25N3/c1-13-10-16-17(11-14(13)2)20(12-18-16)9-7-15-6-4-5-8-19(15)3/h10-12,15H,4-9H2,1-3H3. The predicted molar refractivity (Wildman–Crippen MR) is 84.1 cm³/mol. The molecule has 0 spiro atoms. The molecule has 1 aliphatic heterocycles. The van der Waals surface area contributed by atoms with Crippen LogP contribution in [0.5, 0.6) is 0 Å². The molecule has 1 aromatic heterocycles. The number of aromatic nitrogens is 2. The Kier molecular flexibility index (Phi) is 3.79. The summed E-state index contributed by atoms with van der Waals surface area (Å²) in [5.74, 6) is 0. The van der Waals surface area contributed by atoms with Crippen LogP contribution in [0.1, 0.15) is 36.8 Å². The number of nitrogens with zero attached hydrogens (tertiary/aromatic N) is 3. The summed E-state index contributed by atoms with van der Waals surface area (Å²) in [6.07, 6.45) is 7.33. The highest BCUT2D eigenvalue weighted by molar-refractivity contribution is 5.77. The smallest absolute Gasteiger partial charge is 0.0958 e. The minimum absolute atomic E-state index is 0.743. The molecule has 3 heteroatoms. The largest absolute Gasteiger partial charge is 0.331 e. The van der Waals surface area contributed by atoms with E-state index in [-0.39, 0.29) is 0 Å². The van der Waals surface area contributed by atoms with E-state index >= 15 is 0 Å². The number of fused-ring (bicyclic) bond motifs is 1. The SMILES string of the molecule is Cc1cc2ncn(CCC3CCCCN3C)c2cc1C. The lowest BCUT2D eigenvalue weighted by Crippen LogP contribution is -2.36. The van der Waals surface area contributed by atoms with Crippen LogP contribution >= 0.6 is 0 Å². The van der Waals surface area contributed by atoms with Crippen molar-refractivity contribution in [3.05, 3.63) is 29.6 Å². The number of likely N-dealkylation sites (tertiary alicyclic amines) is 1. The monoisotopic (exact) mass is 271 g/mol. The average molecular weight is 271 g/mol. The molecule has 3 rings (SSSR count). The molecule has 2 aromatic rings. The molecule has 108 valence electrons. The Labute approximate surface area is 121 Å². The summed E-state index contributed by atoms with van der Waals surface area (Å²) in [6.45, 7) is 6.67. The molecule has 3 nitrogen and oxygen atoms in total. The predicted octanol–water partition coefficient (Wildman–Crippen LogP) is 3.53. The zero-order chi connectivity index (χ0) is 14.1. The average Bonchev–Trinajstić information content (AvgIpc) is 2.81. The van der Waals surface area contributed by atoms with Crippen LogP contribution in [0.15, 0.2) is 18.5 Å². The van der Waals surface area contributed by atoms with Crippen LogP contribution in [0.25, 0.3) is 11.0 Å². The van der Waals surface area contributed by atoms with Gasteiger partial charge in [-0.3, -0.25) is 0 Å². The Morgan fingerprint density at radius 1 is 1.20 bits per heavy atom.